The van der Waals surface area contributed by atoms with E-state index in [1.807, 2.05) is 24.3 Å². The molecule has 0 aliphatic carbocycles. The molecule has 0 saturated carbocycles. The van der Waals surface area contributed by atoms with Crippen molar-refractivity contribution in [1.82, 2.24) is 0 Å². The third-order valence-corrected chi connectivity index (χ3v) is 3.27. The maximum absolute atomic E-state index is 12.6. The first-order valence-electron chi connectivity index (χ1n) is 6.39. The molecular weight excluding hydrogens is 249 g/mol. The van der Waals surface area contributed by atoms with Crippen LogP contribution >= 0.6 is 0 Å². The molecule has 106 valence electrons. The van der Waals surface area contributed by atoms with Crippen molar-refractivity contribution in [2.24, 2.45) is 5.73 Å². The molecule has 0 amide bonds. The van der Waals surface area contributed by atoms with Gasteiger partial charge in [-0.15, -0.1) is 0 Å². The van der Waals surface area contributed by atoms with Crippen molar-refractivity contribution in [2.75, 3.05) is 33.6 Å². The second kappa shape index (κ2) is 6.96. The third-order valence-electron chi connectivity index (χ3n) is 3.27. The van der Waals surface area contributed by atoms with E-state index in [1.54, 1.807) is 0 Å². The normalized spacial score (nSPS) is 23.0. The van der Waals surface area contributed by atoms with Crippen LogP contribution in [-0.4, -0.2) is 39.6 Å². The summed E-state index contributed by atoms with van der Waals surface area (Å²) in [6, 6.07) is 7.05. The molecule has 1 heterocycles. The van der Waals surface area contributed by atoms with Gasteiger partial charge in [-0.1, -0.05) is 24.3 Å². The van der Waals surface area contributed by atoms with Crippen LogP contribution in [-0.2, 0) is 14.2 Å². The van der Waals surface area contributed by atoms with Crippen molar-refractivity contribution < 1.29 is 18.6 Å². The van der Waals surface area contributed by atoms with Gasteiger partial charge < -0.3 is 19.9 Å². The Bertz CT molecular complexity index is 379. The predicted molar refractivity (Wildman–Crippen MR) is 69.7 cm³/mol. The lowest BCUT2D eigenvalue weighted by Gasteiger charge is -2.24. The van der Waals surface area contributed by atoms with Gasteiger partial charge in [-0.25, -0.2) is 4.39 Å². The number of benzene rings is 1. The van der Waals surface area contributed by atoms with Gasteiger partial charge in [0.15, 0.2) is 0 Å². The summed E-state index contributed by atoms with van der Waals surface area (Å²) in [5.41, 5.74) is 7.61. The van der Waals surface area contributed by atoms with E-state index in [-0.39, 0.29) is 6.10 Å². The van der Waals surface area contributed by atoms with Gasteiger partial charge in [-0.05, 0) is 11.1 Å². The van der Waals surface area contributed by atoms with Gasteiger partial charge in [0, 0.05) is 7.11 Å². The topological polar surface area (TPSA) is 53.7 Å². The number of methoxy groups -OCH3 is 1. The van der Waals surface area contributed by atoms with Crippen LogP contribution in [0.2, 0.25) is 0 Å². The Morgan fingerprint density at radius 1 is 1.37 bits per heavy atom. The van der Waals surface area contributed by atoms with Gasteiger partial charge in [0.1, 0.15) is 12.8 Å². The van der Waals surface area contributed by atoms with E-state index < -0.39 is 18.8 Å². The van der Waals surface area contributed by atoms with Crippen LogP contribution in [0.4, 0.5) is 4.39 Å². The van der Waals surface area contributed by atoms with E-state index in [9.17, 15) is 4.39 Å². The molecule has 1 aliphatic heterocycles. The lowest BCUT2D eigenvalue weighted by atomic mass is 10.00. The van der Waals surface area contributed by atoms with E-state index >= 15 is 0 Å². The quantitative estimate of drug-likeness (QED) is 0.885. The molecule has 1 saturated heterocycles. The molecule has 19 heavy (non-hydrogen) atoms. The number of nitrogens with two attached hydrogens (primary N) is 1. The van der Waals surface area contributed by atoms with Crippen molar-refractivity contribution in [2.45, 2.75) is 18.2 Å². The summed E-state index contributed by atoms with van der Waals surface area (Å²) in [6.07, 6.45) is -0.457. The Balaban J connectivity index is 2.08. The van der Waals surface area contributed by atoms with E-state index in [1.165, 1.54) is 7.11 Å². The summed E-state index contributed by atoms with van der Waals surface area (Å²) in [7, 11) is 1.53. The van der Waals surface area contributed by atoms with Crippen molar-refractivity contribution in [3.8, 4) is 0 Å². The highest BCUT2D eigenvalue weighted by Gasteiger charge is 2.21. The smallest absolute Gasteiger partial charge is 0.107 e. The molecule has 5 heteroatoms. The maximum atomic E-state index is 12.6. The van der Waals surface area contributed by atoms with Crippen molar-refractivity contribution in [1.29, 1.82) is 0 Å². The van der Waals surface area contributed by atoms with Gasteiger partial charge in [0.05, 0.1) is 32.0 Å². The Labute approximate surface area is 112 Å². The van der Waals surface area contributed by atoms with Crippen molar-refractivity contribution >= 4 is 0 Å². The zero-order chi connectivity index (χ0) is 13.7. The van der Waals surface area contributed by atoms with Crippen LogP contribution in [0.1, 0.15) is 23.3 Å². The molecule has 1 aromatic carbocycles. The number of hydrogen-bond donors (Lipinski definition) is 1. The Morgan fingerprint density at radius 3 is 2.63 bits per heavy atom. The van der Waals surface area contributed by atoms with Gasteiger partial charge in [-0.2, -0.15) is 0 Å². The summed E-state index contributed by atoms with van der Waals surface area (Å²) in [6.45, 7) is 1.21. The third kappa shape index (κ3) is 3.51. The monoisotopic (exact) mass is 269 g/mol. The van der Waals surface area contributed by atoms with Crippen LogP contribution in [0.3, 0.4) is 0 Å². The number of ether oxygens (including phenoxy) is 3. The van der Waals surface area contributed by atoms with Crippen LogP contribution in [0.15, 0.2) is 24.3 Å². The summed E-state index contributed by atoms with van der Waals surface area (Å²) >= 11 is 0. The first kappa shape index (κ1) is 14.4. The largest absolute Gasteiger partial charge is 0.376 e. The van der Waals surface area contributed by atoms with E-state index in [0.717, 1.165) is 11.1 Å². The molecule has 1 aliphatic rings. The molecule has 2 rings (SSSR count). The lowest BCUT2D eigenvalue weighted by Crippen LogP contribution is -2.31. The summed E-state index contributed by atoms with van der Waals surface area (Å²) in [5, 5.41) is 0. The van der Waals surface area contributed by atoms with E-state index in [0.29, 0.717) is 19.8 Å². The van der Waals surface area contributed by atoms with Crippen LogP contribution in [0.25, 0.3) is 0 Å². The molecule has 1 fully saturated rings. The first-order valence-corrected chi connectivity index (χ1v) is 6.39. The fraction of sp³-hybridized carbons (Fsp3) is 0.571. The summed E-state index contributed by atoms with van der Waals surface area (Å²) < 4.78 is 28.9. The van der Waals surface area contributed by atoms with E-state index in [2.05, 4.69) is 0 Å². The number of hydrogen-bond acceptors (Lipinski definition) is 4. The molecule has 1 aromatic rings. The standard InChI is InChI=1S/C14H20FNO3/c1-17-14(12(16)8-15)11-4-2-10(3-5-11)13-9-18-6-7-19-13/h2-5,12-14H,6-9,16H2,1H3. The van der Waals surface area contributed by atoms with Crippen LogP contribution in [0.5, 0.6) is 0 Å². The number of halogens is 1. The van der Waals surface area contributed by atoms with E-state index in [4.69, 9.17) is 19.9 Å². The van der Waals surface area contributed by atoms with Gasteiger partial charge in [0.2, 0.25) is 0 Å². The Morgan fingerprint density at radius 2 is 2.11 bits per heavy atom. The van der Waals surface area contributed by atoms with Gasteiger partial charge in [0.25, 0.3) is 0 Å². The zero-order valence-corrected chi connectivity index (χ0v) is 11.0. The second-order valence-electron chi connectivity index (χ2n) is 4.58. The molecule has 0 radical (unpaired) electrons. The molecule has 3 unspecified atom stereocenters. The minimum Gasteiger partial charge on any atom is -0.376 e. The minimum absolute atomic E-state index is 0.0290. The van der Waals surface area contributed by atoms with Gasteiger partial charge >= 0.3 is 0 Å². The average Bonchev–Trinajstić information content (AvgIpc) is 2.49. The van der Waals surface area contributed by atoms with Crippen LogP contribution < -0.4 is 5.73 Å². The Kier molecular flexibility index (Phi) is 5.27. The predicted octanol–water partition coefficient (Wildman–Crippen LogP) is 1.76. The fourth-order valence-electron chi connectivity index (χ4n) is 2.22. The highest BCUT2D eigenvalue weighted by atomic mass is 19.1. The van der Waals surface area contributed by atoms with Crippen molar-refractivity contribution in [3.05, 3.63) is 35.4 Å². The molecule has 3 atom stereocenters. The van der Waals surface area contributed by atoms with Crippen LogP contribution in [0, 0.1) is 0 Å². The molecule has 0 spiro atoms. The molecular formula is C14H20FNO3. The lowest BCUT2D eigenvalue weighted by molar-refractivity contribution is -0.0901. The molecule has 2 N–H and O–H groups in total. The van der Waals surface area contributed by atoms with Crippen molar-refractivity contribution in [3.63, 3.8) is 0 Å². The highest BCUT2D eigenvalue weighted by Crippen LogP contribution is 2.25. The van der Waals surface area contributed by atoms with Gasteiger partial charge in [-0.3, -0.25) is 0 Å². The maximum Gasteiger partial charge on any atom is 0.107 e. The summed E-state index contributed by atoms with van der Waals surface area (Å²) in [5.74, 6) is 0. The highest BCUT2D eigenvalue weighted by molar-refractivity contribution is 5.27. The summed E-state index contributed by atoms with van der Waals surface area (Å²) in [4.78, 5) is 0. The second-order valence-corrected chi connectivity index (χ2v) is 4.58. The number of alkyl halides is 1. The molecule has 0 bridgehead atoms. The fourth-order valence-corrected chi connectivity index (χ4v) is 2.22. The number of rotatable bonds is 5. The first-order chi connectivity index (χ1) is 9.26. The average molecular weight is 269 g/mol. The Hall–Kier alpha value is -1.01. The molecule has 4 nitrogen and oxygen atoms in total. The SMILES string of the molecule is COC(c1ccc(C2COCCO2)cc1)C(N)CF. The minimum atomic E-state index is -0.648. The zero-order valence-electron chi connectivity index (χ0n) is 11.0. The molecule has 0 aromatic heterocycles.